The molecule has 2 aromatic carbocycles. The number of aromatic hydroxyl groups is 1. The summed E-state index contributed by atoms with van der Waals surface area (Å²) in [7, 11) is 0. The zero-order chi connectivity index (χ0) is 17.6. The third-order valence-corrected chi connectivity index (χ3v) is 4.25. The summed E-state index contributed by atoms with van der Waals surface area (Å²) in [6.07, 6.45) is 1.56. The van der Waals surface area contributed by atoms with Crippen LogP contribution in [-0.2, 0) is 0 Å². The van der Waals surface area contributed by atoms with Crippen LogP contribution < -0.4 is 14.4 Å². The minimum atomic E-state index is -0.122. The fourth-order valence-electron chi connectivity index (χ4n) is 2.85. The van der Waals surface area contributed by atoms with Crippen LogP contribution in [0.1, 0.15) is 19.4 Å². The number of phenols is 1. The van der Waals surface area contributed by atoms with Gasteiger partial charge < -0.3 is 19.5 Å². The molecule has 0 aliphatic carbocycles. The number of anilines is 1. The van der Waals surface area contributed by atoms with Crippen LogP contribution in [0.2, 0.25) is 0 Å². The van der Waals surface area contributed by atoms with Crippen molar-refractivity contribution in [1.29, 1.82) is 0 Å². The molecule has 0 aromatic heterocycles. The molecule has 3 rings (SSSR count). The zero-order valence-corrected chi connectivity index (χ0v) is 14.7. The highest BCUT2D eigenvalue weighted by Gasteiger charge is 2.19. The van der Waals surface area contributed by atoms with Gasteiger partial charge in [-0.25, -0.2) is 0 Å². The lowest BCUT2D eigenvalue weighted by molar-refractivity contribution is 0.0973. The molecule has 0 unspecified atom stereocenters. The Kier molecular flexibility index (Phi) is 5.43. The maximum absolute atomic E-state index is 10.2. The summed E-state index contributed by atoms with van der Waals surface area (Å²) in [6.45, 7) is 6.96. The van der Waals surface area contributed by atoms with Crippen molar-refractivity contribution in [3.8, 4) is 17.2 Å². The second kappa shape index (κ2) is 7.92. The zero-order valence-electron chi connectivity index (χ0n) is 14.7. The fourth-order valence-corrected chi connectivity index (χ4v) is 2.85. The lowest BCUT2D eigenvalue weighted by atomic mass is 10.2. The molecule has 1 atom stereocenters. The number of ether oxygens (including phenoxy) is 2. The first-order valence-corrected chi connectivity index (χ1v) is 8.67. The molecule has 1 N–H and O–H groups in total. The van der Waals surface area contributed by atoms with Gasteiger partial charge in [0.1, 0.15) is 12.4 Å². The topological polar surface area (TPSA) is 54.3 Å². The second-order valence-corrected chi connectivity index (χ2v) is 5.91. The lowest BCUT2D eigenvalue weighted by Crippen LogP contribution is -2.31. The van der Waals surface area contributed by atoms with Crippen LogP contribution in [0.4, 0.5) is 5.69 Å². The quantitative estimate of drug-likeness (QED) is 0.818. The summed E-state index contributed by atoms with van der Waals surface area (Å²) in [5.74, 6) is 1.76. The van der Waals surface area contributed by atoms with Crippen LogP contribution in [0.5, 0.6) is 17.2 Å². The molecule has 25 heavy (non-hydrogen) atoms. The van der Waals surface area contributed by atoms with Crippen molar-refractivity contribution in [1.82, 2.24) is 0 Å². The predicted octanol–water partition coefficient (Wildman–Crippen LogP) is 3.50. The smallest absolute Gasteiger partial charge is 0.161 e. The van der Waals surface area contributed by atoms with Gasteiger partial charge in [-0.3, -0.25) is 4.99 Å². The highest BCUT2D eigenvalue weighted by Crippen LogP contribution is 2.31. The van der Waals surface area contributed by atoms with Crippen molar-refractivity contribution in [3.63, 3.8) is 0 Å². The number of hydrogen-bond acceptors (Lipinski definition) is 5. The summed E-state index contributed by atoms with van der Waals surface area (Å²) < 4.78 is 11.5. The van der Waals surface area contributed by atoms with Gasteiger partial charge in [0.15, 0.2) is 17.6 Å². The molecule has 0 saturated carbocycles. The second-order valence-electron chi connectivity index (χ2n) is 5.91. The molecule has 2 aromatic rings. The van der Waals surface area contributed by atoms with Crippen molar-refractivity contribution in [2.24, 2.45) is 4.99 Å². The van der Waals surface area contributed by atoms with Gasteiger partial charge in [0.25, 0.3) is 0 Å². The van der Waals surface area contributed by atoms with Crippen LogP contribution >= 0.6 is 0 Å². The number of phenolic OH excluding ortho intramolecular Hbond substituents is 1. The third kappa shape index (κ3) is 4.05. The molecule has 0 fully saturated rings. The molecule has 0 spiro atoms. The Morgan fingerprint density at radius 1 is 1.16 bits per heavy atom. The van der Waals surface area contributed by atoms with Crippen LogP contribution in [0, 0.1) is 0 Å². The van der Waals surface area contributed by atoms with E-state index in [1.807, 2.05) is 36.4 Å². The average molecular weight is 340 g/mol. The van der Waals surface area contributed by atoms with E-state index in [4.69, 9.17) is 9.47 Å². The van der Waals surface area contributed by atoms with E-state index in [1.165, 1.54) is 0 Å². The Labute approximate surface area is 148 Å². The van der Waals surface area contributed by atoms with Gasteiger partial charge in [0.05, 0.1) is 6.54 Å². The van der Waals surface area contributed by atoms with Crippen LogP contribution in [0.15, 0.2) is 47.5 Å². The molecular formula is C20H24N2O3. The molecule has 1 heterocycles. The van der Waals surface area contributed by atoms with Crippen LogP contribution in [-0.4, -0.2) is 43.7 Å². The minimum Gasteiger partial charge on any atom is -0.507 e. The molecule has 0 saturated heterocycles. The number of rotatable bonds is 6. The number of fused-ring (bicyclic) bond motifs is 1. The molecule has 0 radical (unpaired) electrons. The van der Waals surface area contributed by atoms with E-state index in [0.29, 0.717) is 18.7 Å². The van der Waals surface area contributed by atoms with E-state index in [2.05, 4.69) is 23.7 Å². The minimum absolute atomic E-state index is 0.122. The number of hydrogen-bond donors (Lipinski definition) is 1. The van der Waals surface area contributed by atoms with Crippen LogP contribution in [0.3, 0.4) is 0 Å². The van der Waals surface area contributed by atoms with E-state index in [0.717, 1.165) is 30.3 Å². The molecule has 0 amide bonds. The normalized spacial score (nSPS) is 16.2. The molecule has 132 valence electrons. The Morgan fingerprint density at radius 2 is 1.92 bits per heavy atom. The Balaban J connectivity index is 1.61. The van der Waals surface area contributed by atoms with E-state index in [1.54, 1.807) is 12.3 Å². The van der Waals surface area contributed by atoms with Gasteiger partial charge >= 0.3 is 0 Å². The SMILES string of the molecule is CCN(CC)c1ccc(C=NC[C@@H]2COc3ccccc3O2)c(O)c1. The standard InChI is InChI=1S/C20H24N2O3/c1-3-22(4-2)16-10-9-15(18(23)11-16)12-21-13-17-14-24-19-7-5-6-8-20(19)25-17/h5-12,17,23H,3-4,13-14H2,1-2H3/t17-/m1/s1. The molecule has 0 bridgehead atoms. The number of aliphatic imine (C=N–C) groups is 1. The number of benzene rings is 2. The van der Waals surface area contributed by atoms with E-state index in [9.17, 15) is 5.11 Å². The van der Waals surface area contributed by atoms with Crippen molar-refractivity contribution in [2.75, 3.05) is 31.1 Å². The summed E-state index contributed by atoms with van der Waals surface area (Å²) in [6, 6.07) is 13.3. The number of para-hydroxylation sites is 2. The monoisotopic (exact) mass is 340 g/mol. The molecule has 1 aliphatic heterocycles. The van der Waals surface area contributed by atoms with Crippen molar-refractivity contribution in [2.45, 2.75) is 20.0 Å². The van der Waals surface area contributed by atoms with Crippen LogP contribution in [0.25, 0.3) is 0 Å². The summed E-state index contributed by atoms with van der Waals surface area (Å²) in [4.78, 5) is 6.60. The average Bonchev–Trinajstić information content (AvgIpc) is 2.64. The van der Waals surface area contributed by atoms with Crippen molar-refractivity contribution < 1.29 is 14.6 Å². The maximum atomic E-state index is 10.2. The van der Waals surface area contributed by atoms with Gasteiger partial charge in [-0.05, 0) is 38.1 Å². The predicted molar refractivity (Wildman–Crippen MR) is 100 cm³/mol. The van der Waals surface area contributed by atoms with Gasteiger partial charge in [-0.1, -0.05) is 12.1 Å². The molecule has 1 aliphatic rings. The fraction of sp³-hybridized carbons (Fsp3) is 0.350. The highest BCUT2D eigenvalue weighted by molar-refractivity contribution is 5.84. The molecule has 5 nitrogen and oxygen atoms in total. The van der Waals surface area contributed by atoms with Crippen molar-refractivity contribution in [3.05, 3.63) is 48.0 Å². The van der Waals surface area contributed by atoms with Gasteiger partial charge in [-0.2, -0.15) is 0 Å². The van der Waals surface area contributed by atoms with Gasteiger partial charge in [-0.15, -0.1) is 0 Å². The highest BCUT2D eigenvalue weighted by atomic mass is 16.6. The Bertz CT molecular complexity index is 741. The lowest BCUT2D eigenvalue weighted by Gasteiger charge is -2.25. The first-order valence-electron chi connectivity index (χ1n) is 8.67. The largest absolute Gasteiger partial charge is 0.507 e. The van der Waals surface area contributed by atoms with Gasteiger partial charge in [0.2, 0.25) is 0 Å². The summed E-state index contributed by atoms with van der Waals surface area (Å²) in [5, 5.41) is 10.2. The Morgan fingerprint density at radius 3 is 2.64 bits per heavy atom. The molecular weight excluding hydrogens is 316 g/mol. The maximum Gasteiger partial charge on any atom is 0.161 e. The number of nitrogens with zero attached hydrogens (tertiary/aromatic N) is 2. The van der Waals surface area contributed by atoms with Gasteiger partial charge in [0, 0.05) is 36.6 Å². The third-order valence-electron chi connectivity index (χ3n) is 4.25. The van der Waals surface area contributed by atoms with E-state index in [-0.39, 0.29) is 11.9 Å². The van der Waals surface area contributed by atoms with E-state index >= 15 is 0 Å². The molecule has 5 heteroatoms. The van der Waals surface area contributed by atoms with Crippen molar-refractivity contribution >= 4 is 11.9 Å². The Hall–Kier alpha value is -2.69. The first kappa shape index (κ1) is 17.1. The first-order chi connectivity index (χ1) is 12.2. The summed E-state index contributed by atoms with van der Waals surface area (Å²) >= 11 is 0. The van der Waals surface area contributed by atoms with E-state index < -0.39 is 0 Å². The summed E-state index contributed by atoms with van der Waals surface area (Å²) in [5.41, 5.74) is 1.72.